The molecule has 1 fully saturated rings. The maximum absolute atomic E-state index is 6.22. The highest BCUT2D eigenvalue weighted by Crippen LogP contribution is 2.49. The summed E-state index contributed by atoms with van der Waals surface area (Å²) in [7, 11) is 4.17. The van der Waals surface area contributed by atoms with Gasteiger partial charge in [-0.2, -0.15) is 0 Å². The molecule has 28 heavy (non-hydrogen) atoms. The third kappa shape index (κ3) is 3.87. The molecule has 2 aromatic heterocycles. The maximum Gasteiger partial charge on any atom is 0.131 e. The van der Waals surface area contributed by atoms with E-state index in [0.717, 1.165) is 36.2 Å². The lowest BCUT2D eigenvalue weighted by Gasteiger charge is -2.53. The third-order valence-electron chi connectivity index (χ3n) is 5.13. The van der Waals surface area contributed by atoms with Gasteiger partial charge in [0.1, 0.15) is 10.8 Å². The fourth-order valence-corrected chi connectivity index (χ4v) is 5.34. The number of likely N-dealkylation sites (tertiary alicyclic amines) is 1. The van der Waals surface area contributed by atoms with Gasteiger partial charge in [0, 0.05) is 52.7 Å². The van der Waals surface area contributed by atoms with E-state index in [1.165, 1.54) is 9.88 Å². The molecular formula is C21H26ClN5S. The molecule has 0 spiro atoms. The van der Waals surface area contributed by atoms with Crippen LogP contribution in [0, 0.1) is 5.41 Å². The monoisotopic (exact) mass is 415 g/mol. The molecule has 0 saturated carbocycles. The van der Waals surface area contributed by atoms with Gasteiger partial charge in [0.15, 0.2) is 0 Å². The van der Waals surface area contributed by atoms with Crippen LogP contribution in [0.15, 0.2) is 42.9 Å². The first-order chi connectivity index (χ1) is 13.3. The molecule has 7 heteroatoms. The highest BCUT2D eigenvalue weighted by molar-refractivity contribution is 7.11. The summed E-state index contributed by atoms with van der Waals surface area (Å²) in [5, 5.41) is 1.90. The summed E-state index contributed by atoms with van der Waals surface area (Å²) in [4.78, 5) is 15.3. The van der Waals surface area contributed by atoms with Crippen molar-refractivity contribution in [3.05, 3.63) is 63.6 Å². The van der Waals surface area contributed by atoms with Gasteiger partial charge in [-0.25, -0.2) is 9.97 Å². The number of halogens is 1. The molecule has 1 unspecified atom stereocenters. The summed E-state index contributed by atoms with van der Waals surface area (Å²) in [5.41, 5.74) is 1.20. The number of hydrogen-bond donors (Lipinski definition) is 0. The van der Waals surface area contributed by atoms with Crippen LogP contribution in [0.2, 0.25) is 5.02 Å². The van der Waals surface area contributed by atoms with Crippen LogP contribution in [0.5, 0.6) is 0 Å². The number of aromatic nitrogens is 3. The van der Waals surface area contributed by atoms with Gasteiger partial charge in [0.05, 0.1) is 12.6 Å². The van der Waals surface area contributed by atoms with Crippen molar-refractivity contribution in [3.63, 3.8) is 0 Å². The van der Waals surface area contributed by atoms with Gasteiger partial charge in [-0.15, -0.1) is 11.3 Å². The first-order valence-corrected chi connectivity index (χ1v) is 10.6. The molecule has 5 nitrogen and oxygen atoms in total. The number of hydrogen-bond acceptors (Lipinski definition) is 5. The van der Waals surface area contributed by atoms with E-state index in [0.29, 0.717) is 0 Å². The van der Waals surface area contributed by atoms with Gasteiger partial charge in [-0.05, 0) is 32.3 Å². The molecule has 1 aliphatic rings. The molecule has 0 bridgehead atoms. The van der Waals surface area contributed by atoms with Gasteiger partial charge in [0.25, 0.3) is 0 Å². The molecule has 4 rings (SSSR count). The summed E-state index contributed by atoms with van der Waals surface area (Å²) in [6.45, 7) is 7.44. The molecule has 3 heterocycles. The predicted octanol–water partition coefficient (Wildman–Crippen LogP) is 4.63. The van der Waals surface area contributed by atoms with Gasteiger partial charge >= 0.3 is 0 Å². The second-order valence-electron chi connectivity index (χ2n) is 8.39. The molecule has 0 aliphatic carbocycles. The van der Waals surface area contributed by atoms with E-state index in [-0.39, 0.29) is 11.5 Å². The molecule has 1 atom stereocenters. The zero-order valence-corrected chi connectivity index (χ0v) is 18.3. The molecule has 0 N–H and O–H groups in total. The summed E-state index contributed by atoms with van der Waals surface area (Å²) in [6.07, 6.45) is 5.90. The second-order valence-corrected chi connectivity index (χ2v) is 10.0. The average molecular weight is 416 g/mol. The molecule has 1 aliphatic heterocycles. The lowest BCUT2D eigenvalue weighted by molar-refractivity contribution is -0.0643. The highest BCUT2D eigenvalue weighted by Gasteiger charge is 2.48. The summed E-state index contributed by atoms with van der Waals surface area (Å²) in [5.74, 6) is 1.06. The quantitative estimate of drug-likeness (QED) is 0.588. The van der Waals surface area contributed by atoms with Crippen LogP contribution in [0.4, 0.5) is 0 Å². The van der Waals surface area contributed by atoms with E-state index < -0.39 is 0 Å². The largest absolute Gasteiger partial charge is 0.304 e. The Labute approximate surface area is 175 Å². The van der Waals surface area contributed by atoms with Gasteiger partial charge < -0.3 is 9.47 Å². The normalized spacial score (nSPS) is 19.1. The van der Waals surface area contributed by atoms with Gasteiger partial charge in [0.2, 0.25) is 0 Å². The number of imidazole rings is 1. The Morgan fingerprint density at radius 2 is 2.11 bits per heavy atom. The maximum atomic E-state index is 6.22. The lowest BCUT2D eigenvalue weighted by atomic mass is 9.74. The Bertz CT molecular complexity index is 961. The Balaban J connectivity index is 1.58. The molecule has 3 aromatic rings. The van der Waals surface area contributed by atoms with E-state index in [2.05, 4.69) is 53.4 Å². The Hall–Kier alpha value is -1.73. The summed E-state index contributed by atoms with van der Waals surface area (Å²) < 4.78 is 2.16. The van der Waals surface area contributed by atoms with Gasteiger partial charge in [-0.1, -0.05) is 31.5 Å². The van der Waals surface area contributed by atoms with Crippen LogP contribution in [-0.2, 0) is 13.1 Å². The van der Waals surface area contributed by atoms with Crippen molar-refractivity contribution in [2.75, 3.05) is 20.6 Å². The fraction of sp³-hybridized carbons (Fsp3) is 0.429. The van der Waals surface area contributed by atoms with Crippen molar-refractivity contribution >= 4 is 22.9 Å². The molecule has 148 valence electrons. The third-order valence-corrected chi connectivity index (χ3v) is 6.33. The van der Waals surface area contributed by atoms with E-state index in [1.54, 1.807) is 11.3 Å². The van der Waals surface area contributed by atoms with Crippen LogP contribution >= 0.6 is 22.9 Å². The van der Waals surface area contributed by atoms with E-state index in [9.17, 15) is 0 Å². The minimum absolute atomic E-state index is 0.158. The number of benzene rings is 1. The van der Waals surface area contributed by atoms with Crippen molar-refractivity contribution in [1.29, 1.82) is 0 Å². The van der Waals surface area contributed by atoms with E-state index in [4.69, 9.17) is 16.6 Å². The van der Waals surface area contributed by atoms with Crippen LogP contribution < -0.4 is 0 Å². The average Bonchev–Trinajstić information content (AvgIpc) is 3.23. The van der Waals surface area contributed by atoms with Crippen molar-refractivity contribution in [3.8, 4) is 5.69 Å². The Kier molecular flexibility index (Phi) is 5.31. The van der Waals surface area contributed by atoms with Crippen LogP contribution in [-0.4, -0.2) is 45.0 Å². The highest BCUT2D eigenvalue weighted by atomic mass is 35.5. The van der Waals surface area contributed by atoms with Gasteiger partial charge in [-0.3, -0.25) is 4.90 Å². The minimum atomic E-state index is 0.158. The Morgan fingerprint density at radius 1 is 1.29 bits per heavy atom. The SMILES string of the molecule is CN(C)Cc1cnc(CN2CC(C)(C)C2c2nccn2-c2cccc(Cl)c2)s1. The van der Waals surface area contributed by atoms with Crippen molar-refractivity contribution in [2.45, 2.75) is 33.0 Å². The van der Waals surface area contributed by atoms with Crippen molar-refractivity contribution < 1.29 is 0 Å². The summed E-state index contributed by atoms with van der Waals surface area (Å²) >= 11 is 8.02. The zero-order chi connectivity index (χ0) is 19.9. The first-order valence-electron chi connectivity index (χ1n) is 9.45. The molecule has 0 amide bonds. The standard InChI is InChI=1S/C21H26ClN5S/c1-21(2)14-26(13-18-24-11-17(28-18)12-25(3)4)19(21)20-23-8-9-27(20)16-7-5-6-15(22)10-16/h5-11,19H,12-14H2,1-4H3. The minimum Gasteiger partial charge on any atom is -0.304 e. The van der Waals surface area contributed by atoms with Crippen LogP contribution in [0.25, 0.3) is 5.69 Å². The molecule has 0 radical (unpaired) electrons. The van der Waals surface area contributed by atoms with E-state index >= 15 is 0 Å². The van der Waals surface area contributed by atoms with Crippen molar-refractivity contribution in [1.82, 2.24) is 24.3 Å². The van der Waals surface area contributed by atoms with Crippen LogP contribution in [0.3, 0.4) is 0 Å². The number of thiazole rings is 1. The molecule has 1 aromatic carbocycles. The fourth-order valence-electron chi connectivity index (χ4n) is 4.08. The first kappa shape index (κ1) is 19.6. The number of nitrogens with zero attached hydrogens (tertiary/aromatic N) is 5. The Morgan fingerprint density at radius 3 is 2.82 bits per heavy atom. The lowest BCUT2D eigenvalue weighted by Crippen LogP contribution is -2.55. The smallest absolute Gasteiger partial charge is 0.131 e. The molecule has 1 saturated heterocycles. The predicted molar refractivity (Wildman–Crippen MR) is 115 cm³/mol. The zero-order valence-electron chi connectivity index (χ0n) is 16.8. The topological polar surface area (TPSA) is 37.2 Å². The molecular weight excluding hydrogens is 390 g/mol. The summed E-state index contributed by atoms with van der Waals surface area (Å²) in [6, 6.07) is 8.17. The number of rotatable bonds is 6. The van der Waals surface area contributed by atoms with Crippen LogP contribution in [0.1, 0.15) is 35.6 Å². The second kappa shape index (κ2) is 7.59. The van der Waals surface area contributed by atoms with Crippen molar-refractivity contribution in [2.24, 2.45) is 5.41 Å². The van der Waals surface area contributed by atoms with E-state index in [1.807, 2.05) is 36.8 Å².